The molecule has 0 aromatic heterocycles. The lowest BCUT2D eigenvalue weighted by molar-refractivity contribution is -0.0640. The zero-order chi connectivity index (χ0) is 24.4. The fourth-order valence-corrected chi connectivity index (χ4v) is 4.47. The van der Waals surface area contributed by atoms with Gasteiger partial charge in [-0.25, -0.2) is 4.79 Å². The summed E-state index contributed by atoms with van der Waals surface area (Å²) >= 11 is 0. The first kappa shape index (κ1) is 26.2. The molecule has 3 rings (SSSR count). The highest BCUT2D eigenvalue weighted by atomic mass is 16.6. The highest BCUT2D eigenvalue weighted by Gasteiger charge is 2.51. The second kappa shape index (κ2) is 9.85. The van der Waals surface area contributed by atoms with Gasteiger partial charge in [0.2, 0.25) is 0 Å². The van der Waals surface area contributed by atoms with Crippen LogP contribution in [0.5, 0.6) is 11.5 Å². The van der Waals surface area contributed by atoms with Crippen LogP contribution in [0.2, 0.25) is 0 Å². The van der Waals surface area contributed by atoms with E-state index in [0.29, 0.717) is 17.7 Å². The molecule has 2 heterocycles. The number of aromatic hydroxyl groups is 1. The van der Waals surface area contributed by atoms with Gasteiger partial charge in [-0.2, -0.15) is 0 Å². The molecule has 1 saturated heterocycles. The largest absolute Gasteiger partial charge is 0.504 e. The minimum absolute atomic E-state index is 0.0511. The van der Waals surface area contributed by atoms with Gasteiger partial charge in [0.05, 0.1) is 32.4 Å². The summed E-state index contributed by atoms with van der Waals surface area (Å²) in [6, 6.07) is 0.859. The van der Waals surface area contributed by atoms with Crippen molar-refractivity contribution in [2.45, 2.75) is 91.3 Å². The molecule has 0 aliphatic carbocycles. The SMILES string of the molecule is CC.COc1c(C)cc2c(c1O)[C@H](C1COC(C)(C)N1C(=O)OC(C)(C)C)N[C@H](CO)C2. The quantitative estimate of drug-likeness (QED) is 0.643. The molecule has 0 bridgehead atoms. The molecular weight excluding hydrogens is 412 g/mol. The first-order valence-corrected chi connectivity index (χ1v) is 11.3. The van der Waals surface area contributed by atoms with E-state index in [1.165, 1.54) is 7.11 Å². The number of nitrogens with one attached hydrogen (secondary N) is 1. The Labute approximate surface area is 191 Å². The standard InChI is InChI=1S/C22H34N2O6.C2H6/c1-12-8-13-9-14(10-25)23-17(16(13)18(26)19(12)28-7)15-11-29-22(5,6)24(15)20(27)30-21(2,3)4;1-2/h8,14-15,17,23,25-26H,9-11H2,1-7H3;1-2H3/t14-,15?,17-;/m0./s1. The Morgan fingerprint density at radius 3 is 2.50 bits per heavy atom. The van der Waals surface area contributed by atoms with Crippen LogP contribution in [0.15, 0.2) is 6.07 Å². The van der Waals surface area contributed by atoms with Gasteiger partial charge in [-0.1, -0.05) is 19.9 Å². The fourth-order valence-electron chi connectivity index (χ4n) is 4.47. The van der Waals surface area contributed by atoms with E-state index in [1.54, 1.807) is 4.90 Å². The van der Waals surface area contributed by atoms with Gasteiger partial charge in [-0.15, -0.1) is 0 Å². The number of fused-ring (bicyclic) bond motifs is 1. The molecule has 0 spiro atoms. The number of phenols is 1. The van der Waals surface area contributed by atoms with Crippen LogP contribution in [0.4, 0.5) is 4.79 Å². The maximum absolute atomic E-state index is 13.1. The van der Waals surface area contributed by atoms with Gasteiger partial charge in [0.1, 0.15) is 11.3 Å². The molecule has 32 heavy (non-hydrogen) atoms. The highest BCUT2D eigenvalue weighted by Crippen LogP contribution is 2.46. The zero-order valence-electron chi connectivity index (χ0n) is 20.9. The first-order valence-electron chi connectivity index (χ1n) is 11.3. The van der Waals surface area contributed by atoms with E-state index in [-0.39, 0.29) is 25.0 Å². The van der Waals surface area contributed by atoms with Crippen molar-refractivity contribution in [2.75, 3.05) is 20.3 Å². The van der Waals surface area contributed by atoms with E-state index in [1.807, 2.05) is 61.5 Å². The predicted octanol–water partition coefficient (Wildman–Crippen LogP) is 3.66. The number of ether oxygens (including phenoxy) is 3. The summed E-state index contributed by atoms with van der Waals surface area (Å²) in [6.45, 7) is 15.2. The van der Waals surface area contributed by atoms with Crippen molar-refractivity contribution in [3.63, 3.8) is 0 Å². The summed E-state index contributed by atoms with van der Waals surface area (Å²) in [6.07, 6.45) is 0.0764. The number of phenolic OH excluding ortho intramolecular Hbond substituents is 1. The smallest absolute Gasteiger partial charge is 0.412 e. The molecule has 1 unspecified atom stereocenters. The van der Waals surface area contributed by atoms with Gasteiger partial charge in [-0.05, 0) is 59.1 Å². The van der Waals surface area contributed by atoms with Crippen molar-refractivity contribution in [3.05, 3.63) is 22.8 Å². The molecule has 8 heteroatoms. The van der Waals surface area contributed by atoms with E-state index >= 15 is 0 Å². The molecule has 1 aromatic carbocycles. The van der Waals surface area contributed by atoms with Crippen LogP contribution in [-0.4, -0.2) is 64.9 Å². The average Bonchev–Trinajstić information content (AvgIpc) is 3.02. The molecular formula is C24H40N2O6. The Hall–Kier alpha value is -2.03. The number of aliphatic hydroxyl groups excluding tert-OH is 1. The van der Waals surface area contributed by atoms with Gasteiger partial charge < -0.3 is 29.7 Å². The summed E-state index contributed by atoms with van der Waals surface area (Å²) in [5.41, 5.74) is 0.863. The third kappa shape index (κ3) is 5.13. The second-order valence-electron chi connectivity index (χ2n) is 9.55. The lowest BCUT2D eigenvalue weighted by atomic mass is 9.84. The van der Waals surface area contributed by atoms with Crippen LogP contribution >= 0.6 is 0 Å². The molecule has 8 nitrogen and oxygen atoms in total. The molecule has 3 N–H and O–H groups in total. The Morgan fingerprint density at radius 2 is 1.97 bits per heavy atom. The van der Waals surface area contributed by atoms with Crippen LogP contribution in [0, 0.1) is 6.92 Å². The molecule has 1 fully saturated rings. The van der Waals surface area contributed by atoms with E-state index in [9.17, 15) is 15.0 Å². The summed E-state index contributed by atoms with van der Waals surface area (Å²) in [7, 11) is 1.52. The van der Waals surface area contributed by atoms with Crippen molar-refractivity contribution in [1.29, 1.82) is 0 Å². The number of aliphatic hydroxyl groups is 1. The maximum atomic E-state index is 13.1. The number of amides is 1. The Balaban J connectivity index is 0.00000176. The van der Waals surface area contributed by atoms with Crippen LogP contribution < -0.4 is 10.1 Å². The molecule has 1 aromatic rings. The average molecular weight is 453 g/mol. The van der Waals surface area contributed by atoms with Crippen molar-refractivity contribution in [2.24, 2.45) is 0 Å². The summed E-state index contributed by atoms with van der Waals surface area (Å²) in [4.78, 5) is 14.7. The minimum atomic E-state index is -0.884. The Bertz CT molecular complexity index is 818. The van der Waals surface area contributed by atoms with Crippen molar-refractivity contribution >= 4 is 6.09 Å². The number of hydrogen-bond donors (Lipinski definition) is 3. The lowest BCUT2D eigenvalue weighted by Gasteiger charge is -2.41. The number of methoxy groups -OCH3 is 1. The highest BCUT2D eigenvalue weighted by molar-refractivity contribution is 5.70. The number of aryl methyl sites for hydroxylation is 1. The normalized spacial score (nSPS) is 24.3. The van der Waals surface area contributed by atoms with Crippen LogP contribution in [0.25, 0.3) is 0 Å². The molecule has 3 atom stereocenters. The first-order chi connectivity index (χ1) is 14.9. The summed E-state index contributed by atoms with van der Waals surface area (Å²) in [5, 5.41) is 24.3. The van der Waals surface area contributed by atoms with E-state index in [0.717, 1.165) is 11.1 Å². The second-order valence-corrected chi connectivity index (χ2v) is 9.55. The Morgan fingerprint density at radius 1 is 1.34 bits per heavy atom. The lowest BCUT2D eigenvalue weighted by Crippen LogP contribution is -2.56. The van der Waals surface area contributed by atoms with Crippen LogP contribution in [0.1, 0.15) is 71.2 Å². The third-order valence-electron chi connectivity index (χ3n) is 5.68. The topological polar surface area (TPSA) is 100 Å². The van der Waals surface area contributed by atoms with Gasteiger partial charge in [-0.3, -0.25) is 4.90 Å². The van der Waals surface area contributed by atoms with Gasteiger partial charge in [0.25, 0.3) is 0 Å². The predicted molar refractivity (Wildman–Crippen MR) is 123 cm³/mol. The number of hydrogen-bond acceptors (Lipinski definition) is 7. The molecule has 182 valence electrons. The molecule has 2 aliphatic heterocycles. The van der Waals surface area contributed by atoms with E-state index < -0.39 is 29.5 Å². The third-order valence-corrected chi connectivity index (χ3v) is 5.68. The monoisotopic (exact) mass is 452 g/mol. The minimum Gasteiger partial charge on any atom is -0.504 e. The molecule has 0 radical (unpaired) electrons. The van der Waals surface area contributed by atoms with E-state index in [4.69, 9.17) is 14.2 Å². The molecule has 0 saturated carbocycles. The van der Waals surface area contributed by atoms with Gasteiger partial charge >= 0.3 is 6.09 Å². The van der Waals surface area contributed by atoms with Crippen molar-refractivity contribution in [3.8, 4) is 11.5 Å². The molecule has 1 amide bonds. The Kier molecular flexibility index (Phi) is 8.07. The number of benzene rings is 1. The van der Waals surface area contributed by atoms with Crippen molar-refractivity contribution < 1.29 is 29.2 Å². The zero-order valence-corrected chi connectivity index (χ0v) is 20.9. The number of rotatable bonds is 3. The van der Waals surface area contributed by atoms with Crippen LogP contribution in [0.3, 0.4) is 0 Å². The molecule has 2 aliphatic rings. The number of carbonyl (C=O) groups excluding carboxylic acids is 1. The summed E-state index contributed by atoms with van der Waals surface area (Å²) < 4.78 is 17.0. The summed E-state index contributed by atoms with van der Waals surface area (Å²) in [5.74, 6) is 0.459. The van der Waals surface area contributed by atoms with Crippen molar-refractivity contribution in [1.82, 2.24) is 10.2 Å². The van der Waals surface area contributed by atoms with Gasteiger partial charge in [0.15, 0.2) is 11.5 Å². The number of carbonyl (C=O) groups is 1. The number of nitrogens with zero attached hydrogens (tertiary/aromatic N) is 1. The fraction of sp³-hybridized carbons (Fsp3) is 0.708. The maximum Gasteiger partial charge on any atom is 0.412 e. The van der Waals surface area contributed by atoms with E-state index in [2.05, 4.69) is 5.32 Å². The van der Waals surface area contributed by atoms with Crippen LogP contribution in [-0.2, 0) is 15.9 Å². The van der Waals surface area contributed by atoms with Gasteiger partial charge in [0, 0.05) is 11.6 Å².